The van der Waals surface area contributed by atoms with Crippen LogP contribution in [0.2, 0.25) is 0 Å². The summed E-state index contributed by atoms with van der Waals surface area (Å²) in [5, 5.41) is 3.63. The molecule has 1 N–H and O–H groups in total. The van der Waals surface area contributed by atoms with E-state index in [0.717, 1.165) is 25.8 Å². The Labute approximate surface area is 123 Å². The zero-order chi connectivity index (χ0) is 15.1. The highest BCUT2D eigenvalue weighted by molar-refractivity contribution is 5.92. The van der Waals surface area contributed by atoms with Crippen molar-refractivity contribution in [1.82, 2.24) is 15.1 Å². The Balaban J connectivity index is 2.21. The summed E-state index contributed by atoms with van der Waals surface area (Å²) in [5.74, 6) is 1.41. The third-order valence-corrected chi connectivity index (χ3v) is 4.46. The lowest BCUT2D eigenvalue weighted by atomic mass is 10.00. The van der Waals surface area contributed by atoms with E-state index in [1.807, 2.05) is 0 Å². The second-order valence-corrected chi connectivity index (χ2v) is 7.67. The molecule has 1 aliphatic heterocycles. The van der Waals surface area contributed by atoms with Gasteiger partial charge in [0, 0.05) is 12.6 Å². The van der Waals surface area contributed by atoms with Crippen LogP contribution >= 0.6 is 0 Å². The molecule has 1 amide bonds. The van der Waals surface area contributed by atoms with Gasteiger partial charge in [-0.1, -0.05) is 27.7 Å². The lowest BCUT2D eigenvalue weighted by Crippen LogP contribution is -2.51. The molecule has 20 heavy (non-hydrogen) atoms. The van der Waals surface area contributed by atoms with Crippen LogP contribution in [0, 0.1) is 11.8 Å². The first kappa shape index (κ1) is 15.8. The molecule has 0 aromatic rings. The van der Waals surface area contributed by atoms with Crippen molar-refractivity contribution >= 4 is 5.91 Å². The molecule has 4 heteroatoms. The maximum Gasteiger partial charge on any atom is 0.244 e. The van der Waals surface area contributed by atoms with Gasteiger partial charge in [0.25, 0.3) is 0 Å². The smallest absolute Gasteiger partial charge is 0.244 e. The average molecular weight is 281 g/mol. The minimum Gasteiger partial charge on any atom is -0.321 e. The molecule has 116 valence electrons. The number of carbonyl (C=O) groups is 1. The highest BCUT2D eigenvalue weighted by Crippen LogP contribution is 2.44. The largest absolute Gasteiger partial charge is 0.321 e. The number of hydrogen-bond donors (Lipinski definition) is 1. The van der Waals surface area contributed by atoms with Crippen LogP contribution in [0.3, 0.4) is 0 Å². The highest BCUT2D eigenvalue weighted by Gasteiger charge is 2.60. The lowest BCUT2D eigenvalue weighted by molar-refractivity contribution is -0.134. The molecule has 1 heterocycles. The maximum atomic E-state index is 12.9. The molecule has 0 aromatic heterocycles. The van der Waals surface area contributed by atoms with E-state index in [0.29, 0.717) is 23.8 Å². The summed E-state index contributed by atoms with van der Waals surface area (Å²) in [6.07, 6.45) is 3.31. The zero-order valence-electron chi connectivity index (χ0n) is 13.9. The van der Waals surface area contributed by atoms with Crippen molar-refractivity contribution in [2.24, 2.45) is 11.8 Å². The van der Waals surface area contributed by atoms with E-state index in [-0.39, 0.29) is 11.7 Å². The lowest BCUT2D eigenvalue weighted by Gasteiger charge is -2.37. The van der Waals surface area contributed by atoms with Gasteiger partial charge in [0.1, 0.15) is 0 Å². The SMILES string of the molecule is CC(C)CC(CN(C)C)N1C(=O)C2(CC2)NC1C(C)C. The Morgan fingerprint density at radius 2 is 1.90 bits per heavy atom. The first-order chi connectivity index (χ1) is 9.27. The van der Waals surface area contributed by atoms with Gasteiger partial charge in [-0.2, -0.15) is 0 Å². The summed E-state index contributed by atoms with van der Waals surface area (Å²) in [6.45, 7) is 9.86. The van der Waals surface area contributed by atoms with Gasteiger partial charge >= 0.3 is 0 Å². The summed E-state index contributed by atoms with van der Waals surface area (Å²) in [4.78, 5) is 17.2. The predicted molar refractivity (Wildman–Crippen MR) is 82.4 cm³/mol. The molecule has 1 spiro atoms. The Kier molecular flexibility index (Phi) is 4.45. The summed E-state index contributed by atoms with van der Waals surface area (Å²) < 4.78 is 0. The van der Waals surface area contributed by atoms with Crippen LogP contribution in [-0.4, -0.2) is 54.1 Å². The van der Waals surface area contributed by atoms with Gasteiger partial charge < -0.3 is 9.80 Å². The fourth-order valence-corrected chi connectivity index (χ4v) is 3.39. The number of carbonyl (C=O) groups excluding carboxylic acids is 1. The van der Waals surface area contributed by atoms with E-state index in [9.17, 15) is 4.79 Å². The van der Waals surface area contributed by atoms with Crippen LogP contribution in [0.1, 0.15) is 47.0 Å². The Hall–Kier alpha value is -0.610. The highest BCUT2D eigenvalue weighted by atomic mass is 16.2. The van der Waals surface area contributed by atoms with Gasteiger partial charge in [0.15, 0.2) is 0 Å². The molecule has 1 saturated carbocycles. The molecule has 2 fully saturated rings. The maximum absolute atomic E-state index is 12.9. The minimum atomic E-state index is -0.198. The van der Waals surface area contributed by atoms with E-state index < -0.39 is 0 Å². The van der Waals surface area contributed by atoms with Crippen molar-refractivity contribution < 1.29 is 4.79 Å². The minimum absolute atomic E-state index is 0.198. The topological polar surface area (TPSA) is 35.6 Å². The van der Waals surface area contributed by atoms with E-state index in [2.05, 4.69) is 56.9 Å². The molecule has 0 radical (unpaired) electrons. The van der Waals surface area contributed by atoms with Crippen LogP contribution in [0.15, 0.2) is 0 Å². The molecule has 0 bridgehead atoms. The number of likely N-dealkylation sites (N-methyl/N-ethyl adjacent to an activating group) is 1. The molecule has 1 saturated heterocycles. The second kappa shape index (κ2) is 5.64. The summed E-state index contributed by atoms with van der Waals surface area (Å²) in [5.41, 5.74) is -0.198. The first-order valence-electron chi connectivity index (χ1n) is 8.02. The molecular weight excluding hydrogens is 250 g/mol. The molecule has 4 nitrogen and oxygen atoms in total. The Morgan fingerprint density at radius 3 is 2.30 bits per heavy atom. The van der Waals surface area contributed by atoms with Crippen LogP contribution in [-0.2, 0) is 4.79 Å². The van der Waals surface area contributed by atoms with E-state index in [1.54, 1.807) is 0 Å². The van der Waals surface area contributed by atoms with Crippen LogP contribution in [0.25, 0.3) is 0 Å². The van der Waals surface area contributed by atoms with Crippen molar-refractivity contribution in [3.05, 3.63) is 0 Å². The van der Waals surface area contributed by atoms with Gasteiger partial charge in [-0.15, -0.1) is 0 Å². The number of amides is 1. The fraction of sp³-hybridized carbons (Fsp3) is 0.938. The number of rotatable bonds is 6. The molecular formula is C16H31N3O. The van der Waals surface area contributed by atoms with Crippen LogP contribution < -0.4 is 5.32 Å². The summed E-state index contributed by atoms with van der Waals surface area (Å²) in [6, 6.07) is 0.317. The monoisotopic (exact) mass is 281 g/mol. The van der Waals surface area contributed by atoms with Crippen molar-refractivity contribution in [1.29, 1.82) is 0 Å². The molecule has 2 aliphatic rings. The van der Waals surface area contributed by atoms with E-state index in [1.165, 1.54) is 0 Å². The van der Waals surface area contributed by atoms with Crippen LogP contribution in [0.4, 0.5) is 0 Å². The molecule has 1 aliphatic carbocycles. The number of nitrogens with one attached hydrogen (secondary N) is 1. The predicted octanol–water partition coefficient (Wildman–Crippen LogP) is 1.91. The zero-order valence-corrected chi connectivity index (χ0v) is 13.9. The molecule has 2 unspecified atom stereocenters. The standard InChI is InChI=1S/C16H31N3O/c1-11(2)9-13(10-18(5)6)19-14(12(3)4)17-16(7-8-16)15(19)20/h11-14,17H,7-10H2,1-6H3. The average Bonchev–Trinajstić information content (AvgIpc) is 3.00. The normalized spacial score (nSPS) is 26.4. The second-order valence-electron chi connectivity index (χ2n) is 7.67. The quantitative estimate of drug-likeness (QED) is 0.808. The Morgan fingerprint density at radius 1 is 1.30 bits per heavy atom. The number of hydrogen-bond acceptors (Lipinski definition) is 3. The van der Waals surface area contributed by atoms with E-state index >= 15 is 0 Å². The van der Waals surface area contributed by atoms with Crippen molar-refractivity contribution in [3.63, 3.8) is 0 Å². The van der Waals surface area contributed by atoms with Crippen molar-refractivity contribution in [2.75, 3.05) is 20.6 Å². The van der Waals surface area contributed by atoms with Crippen molar-refractivity contribution in [3.8, 4) is 0 Å². The molecule has 2 atom stereocenters. The molecule has 2 rings (SSSR count). The summed E-state index contributed by atoms with van der Waals surface area (Å²) >= 11 is 0. The van der Waals surface area contributed by atoms with Gasteiger partial charge in [-0.25, -0.2) is 0 Å². The number of nitrogens with zero attached hydrogens (tertiary/aromatic N) is 2. The van der Waals surface area contributed by atoms with Gasteiger partial charge in [0.05, 0.1) is 11.7 Å². The van der Waals surface area contributed by atoms with Crippen LogP contribution in [0.5, 0.6) is 0 Å². The van der Waals surface area contributed by atoms with E-state index in [4.69, 9.17) is 0 Å². The third-order valence-electron chi connectivity index (χ3n) is 4.46. The van der Waals surface area contributed by atoms with Crippen molar-refractivity contribution in [2.45, 2.75) is 64.7 Å². The van der Waals surface area contributed by atoms with Gasteiger partial charge in [-0.05, 0) is 45.2 Å². The first-order valence-corrected chi connectivity index (χ1v) is 8.02. The van der Waals surface area contributed by atoms with Gasteiger partial charge in [0.2, 0.25) is 5.91 Å². The molecule has 0 aromatic carbocycles. The Bertz CT molecular complexity index is 351. The fourth-order valence-electron chi connectivity index (χ4n) is 3.39. The summed E-state index contributed by atoms with van der Waals surface area (Å²) in [7, 11) is 4.19. The van der Waals surface area contributed by atoms with Gasteiger partial charge in [-0.3, -0.25) is 10.1 Å². The third kappa shape index (κ3) is 3.01.